The predicted molar refractivity (Wildman–Crippen MR) is 112 cm³/mol. The molecule has 0 bridgehead atoms. The van der Waals surface area contributed by atoms with Crippen molar-refractivity contribution in [3.05, 3.63) is 29.3 Å². The Kier molecular flexibility index (Phi) is 8.88. The topological polar surface area (TPSA) is 58.1 Å². The largest absolute Gasteiger partial charge is 0.493 e. The fourth-order valence-electron chi connectivity index (χ4n) is 2.87. The molecule has 1 aromatic carbocycles. The highest BCUT2D eigenvalue weighted by atomic mass is 16.5. The van der Waals surface area contributed by atoms with Crippen molar-refractivity contribution in [2.45, 2.75) is 39.8 Å². The van der Waals surface area contributed by atoms with Gasteiger partial charge in [0, 0.05) is 50.8 Å². The number of aliphatic imine (C=N–C) groups is 1. The number of aryl methyl sites for hydroxylation is 1. The van der Waals surface area contributed by atoms with E-state index in [0.29, 0.717) is 25.1 Å². The van der Waals surface area contributed by atoms with Gasteiger partial charge in [0.15, 0.2) is 5.96 Å². The van der Waals surface area contributed by atoms with Gasteiger partial charge in [0.25, 0.3) is 0 Å². The number of guanidine groups is 1. The summed E-state index contributed by atoms with van der Waals surface area (Å²) in [6.07, 6.45) is 1.08. The van der Waals surface area contributed by atoms with Crippen LogP contribution in [0.3, 0.4) is 0 Å². The molecule has 0 aromatic heterocycles. The maximum Gasteiger partial charge on any atom is 0.191 e. The number of benzene rings is 1. The van der Waals surface area contributed by atoms with Crippen LogP contribution in [-0.4, -0.2) is 63.9 Å². The standard InChI is InChI=1S/C21H36N4O2/c1-16(2)25(5)10-9-23-21(22-4)24-13-19-7-6-17(3)12-20(19)27-15-18-8-11-26-14-18/h6-7,12,16,18H,8-11,13-15H2,1-5H3,(H2,22,23,24). The summed E-state index contributed by atoms with van der Waals surface area (Å²) in [5.41, 5.74) is 2.34. The van der Waals surface area contributed by atoms with Crippen molar-refractivity contribution in [1.29, 1.82) is 0 Å². The van der Waals surface area contributed by atoms with Crippen LogP contribution in [-0.2, 0) is 11.3 Å². The molecule has 1 aliphatic heterocycles. The molecule has 1 heterocycles. The van der Waals surface area contributed by atoms with Crippen molar-refractivity contribution < 1.29 is 9.47 Å². The van der Waals surface area contributed by atoms with Crippen molar-refractivity contribution >= 4 is 5.96 Å². The summed E-state index contributed by atoms with van der Waals surface area (Å²) in [7, 11) is 3.93. The molecule has 0 amide bonds. The van der Waals surface area contributed by atoms with Crippen LogP contribution in [0.15, 0.2) is 23.2 Å². The van der Waals surface area contributed by atoms with E-state index in [1.165, 1.54) is 5.56 Å². The third kappa shape index (κ3) is 7.39. The Balaban J connectivity index is 1.85. The van der Waals surface area contributed by atoms with Crippen LogP contribution in [0.25, 0.3) is 0 Å². The number of nitrogens with one attached hydrogen (secondary N) is 2. The van der Waals surface area contributed by atoms with Crippen molar-refractivity contribution in [3.8, 4) is 5.75 Å². The van der Waals surface area contributed by atoms with Crippen LogP contribution in [0.4, 0.5) is 0 Å². The summed E-state index contributed by atoms with van der Waals surface area (Å²) in [4.78, 5) is 6.62. The van der Waals surface area contributed by atoms with Gasteiger partial charge in [-0.2, -0.15) is 0 Å². The third-order valence-corrected chi connectivity index (χ3v) is 5.03. The zero-order chi connectivity index (χ0) is 19.6. The van der Waals surface area contributed by atoms with Gasteiger partial charge in [-0.15, -0.1) is 0 Å². The lowest BCUT2D eigenvalue weighted by Crippen LogP contribution is -2.41. The molecule has 1 unspecified atom stereocenters. The average molecular weight is 377 g/mol. The Bertz CT molecular complexity index is 598. The molecule has 0 radical (unpaired) electrons. The van der Waals surface area contributed by atoms with E-state index < -0.39 is 0 Å². The molecule has 1 saturated heterocycles. The van der Waals surface area contributed by atoms with Crippen LogP contribution in [0.5, 0.6) is 5.75 Å². The molecule has 2 rings (SSSR count). The highest BCUT2D eigenvalue weighted by Gasteiger charge is 2.17. The molecule has 1 aromatic rings. The quantitative estimate of drug-likeness (QED) is 0.512. The summed E-state index contributed by atoms with van der Waals surface area (Å²) < 4.78 is 11.6. The Morgan fingerprint density at radius 3 is 2.85 bits per heavy atom. The molecule has 0 saturated carbocycles. The molecule has 6 nitrogen and oxygen atoms in total. The second kappa shape index (κ2) is 11.1. The molecule has 2 N–H and O–H groups in total. The molecular formula is C21H36N4O2. The zero-order valence-electron chi connectivity index (χ0n) is 17.5. The first kappa shape index (κ1) is 21.5. The minimum atomic E-state index is 0.499. The maximum absolute atomic E-state index is 6.12. The van der Waals surface area contributed by atoms with Crippen molar-refractivity contribution in [1.82, 2.24) is 15.5 Å². The van der Waals surface area contributed by atoms with E-state index in [4.69, 9.17) is 9.47 Å². The van der Waals surface area contributed by atoms with Crippen molar-refractivity contribution in [2.75, 3.05) is 47.0 Å². The SMILES string of the molecule is CN=C(NCCN(C)C(C)C)NCc1ccc(C)cc1OCC1CCOC1. The fourth-order valence-corrected chi connectivity index (χ4v) is 2.87. The number of hydrogen-bond acceptors (Lipinski definition) is 4. The van der Waals surface area contributed by atoms with Gasteiger partial charge in [-0.1, -0.05) is 12.1 Å². The Labute approximate surface area is 164 Å². The Hall–Kier alpha value is -1.79. The van der Waals surface area contributed by atoms with Crippen LogP contribution >= 0.6 is 0 Å². The van der Waals surface area contributed by atoms with E-state index >= 15 is 0 Å². The first-order valence-corrected chi connectivity index (χ1v) is 9.94. The number of rotatable bonds is 9. The summed E-state index contributed by atoms with van der Waals surface area (Å²) in [6.45, 7) is 11.4. The van der Waals surface area contributed by atoms with Crippen molar-refractivity contribution in [3.63, 3.8) is 0 Å². The van der Waals surface area contributed by atoms with Gasteiger partial charge in [-0.05, 0) is 45.9 Å². The number of hydrogen-bond donors (Lipinski definition) is 2. The van der Waals surface area contributed by atoms with Gasteiger partial charge in [-0.3, -0.25) is 4.99 Å². The lowest BCUT2D eigenvalue weighted by molar-refractivity contribution is 0.166. The van der Waals surface area contributed by atoms with Gasteiger partial charge < -0.3 is 25.0 Å². The average Bonchev–Trinajstić information content (AvgIpc) is 3.17. The van der Waals surface area contributed by atoms with E-state index in [0.717, 1.165) is 50.0 Å². The normalized spacial score (nSPS) is 17.6. The fraction of sp³-hybridized carbons (Fsp3) is 0.667. The van der Waals surface area contributed by atoms with Gasteiger partial charge in [0.1, 0.15) is 5.75 Å². The number of ether oxygens (including phenoxy) is 2. The zero-order valence-corrected chi connectivity index (χ0v) is 17.5. The highest BCUT2D eigenvalue weighted by Crippen LogP contribution is 2.22. The smallest absolute Gasteiger partial charge is 0.191 e. The van der Waals surface area contributed by atoms with Crippen LogP contribution in [0.1, 0.15) is 31.4 Å². The molecule has 1 fully saturated rings. The molecule has 152 valence electrons. The summed E-state index contributed by atoms with van der Waals surface area (Å²) in [6, 6.07) is 6.90. The van der Waals surface area contributed by atoms with Gasteiger partial charge in [0.2, 0.25) is 0 Å². The molecule has 0 spiro atoms. The van der Waals surface area contributed by atoms with Crippen molar-refractivity contribution in [2.24, 2.45) is 10.9 Å². The lowest BCUT2D eigenvalue weighted by Gasteiger charge is -2.22. The highest BCUT2D eigenvalue weighted by molar-refractivity contribution is 5.79. The van der Waals surface area contributed by atoms with E-state index in [1.807, 2.05) is 0 Å². The van der Waals surface area contributed by atoms with E-state index in [1.54, 1.807) is 7.05 Å². The van der Waals surface area contributed by atoms with E-state index in [2.05, 4.69) is 66.5 Å². The van der Waals surface area contributed by atoms with Gasteiger partial charge >= 0.3 is 0 Å². The minimum absolute atomic E-state index is 0.499. The van der Waals surface area contributed by atoms with Gasteiger partial charge in [-0.25, -0.2) is 0 Å². The number of nitrogens with zero attached hydrogens (tertiary/aromatic N) is 2. The summed E-state index contributed by atoms with van der Waals surface area (Å²) in [5.74, 6) is 2.26. The summed E-state index contributed by atoms with van der Waals surface area (Å²) >= 11 is 0. The minimum Gasteiger partial charge on any atom is -0.493 e. The molecule has 6 heteroatoms. The van der Waals surface area contributed by atoms with Crippen LogP contribution in [0, 0.1) is 12.8 Å². The second-order valence-corrected chi connectivity index (χ2v) is 7.58. The number of likely N-dealkylation sites (N-methyl/N-ethyl adjacent to an activating group) is 1. The molecular weight excluding hydrogens is 340 g/mol. The van der Waals surface area contributed by atoms with Crippen LogP contribution < -0.4 is 15.4 Å². The van der Waals surface area contributed by atoms with Crippen LogP contribution in [0.2, 0.25) is 0 Å². The first-order chi connectivity index (χ1) is 13.0. The Morgan fingerprint density at radius 1 is 1.37 bits per heavy atom. The third-order valence-electron chi connectivity index (χ3n) is 5.03. The molecule has 1 aliphatic rings. The Morgan fingerprint density at radius 2 is 2.19 bits per heavy atom. The van der Waals surface area contributed by atoms with E-state index in [9.17, 15) is 0 Å². The molecule has 0 aliphatic carbocycles. The van der Waals surface area contributed by atoms with E-state index in [-0.39, 0.29) is 0 Å². The van der Waals surface area contributed by atoms with Gasteiger partial charge in [0.05, 0.1) is 13.2 Å². The summed E-state index contributed by atoms with van der Waals surface area (Å²) in [5, 5.41) is 6.77. The second-order valence-electron chi connectivity index (χ2n) is 7.58. The monoisotopic (exact) mass is 376 g/mol. The molecule has 27 heavy (non-hydrogen) atoms. The lowest BCUT2D eigenvalue weighted by atomic mass is 10.1. The predicted octanol–water partition coefficient (Wildman–Crippen LogP) is 2.42. The first-order valence-electron chi connectivity index (χ1n) is 9.94. The maximum atomic E-state index is 6.12. The molecule has 1 atom stereocenters.